The quantitative estimate of drug-likeness (QED) is 0.687. The van der Waals surface area contributed by atoms with Crippen LogP contribution >= 0.6 is 0 Å². The molecule has 0 radical (unpaired) electrons. The molecule has 2 aromatic rings. The summed E-state index contributed by atoms with van der Waals surface area (Å²) in [5, 5.41) is 5.52. The van der Waals surface area contributed by atoms with E-state index in [1.54, 1.807) is 0 Å². The van der Waals surface area contributed by atoms with Gasteiger partial charge in [0, 0.05) is 24.5 Å². The molecule has 0 N–H and O–H groups in total. The van der Waals surface area contributed by atoms with Crippen molar-refractivity contribution in [1.29, 1.82) is 0 Å². The van der Waals surface area contributed by atoms with Crippen molar-refractivity contribution in [2.45, 2.75) is 12.8 Å². The first-order valence-electron chi connectivity index (χ1n) is 4.67. The highest BCUT2D eigenvalue weighted by Crippen LogP contribution is 2.17. The molecule has 0 amide bonds. The lowest BCUT2D eigenvalue weighted by Crippen LogP contribution is -1.98. The van der Waals surface area contributed by atoms with Crippen LogP contribution in [0, 0.1) is 0 Å². The molecule has 0 aliphatic rings. The van der Waals surface area contributed by atoms with Gasteiger partial charge in [-0.05, 0) is 12.5 Å². The summed E-state index contributed by atoms with van der Waals surface area (Å²) >= 11 is 0. The van der Waals surface area contributed by atoms with Crippen molar-refractivity contribution in [3.63, 3.8) is 0 Å². The summed E-state index contributed by atoms with van der Waals surface area (Å²) in [6.45, 7) is 0. The fraction of sp³-hybridized carbons (Fsp3) is 0.273. The summed E-state index contributed by atoms with van der Waals surface area (Å²) in [5.41, 5.74) is 2.13. The van der Waals surface area contributed by atoms with E-state index in [-0.39, 0.29) is 0 Å². The highest BCUT2D eigenvalue weighted by molar-refractivity contribution is 5.81. The van der Waals surface area contributed by atoms with E-state index in [1.807, 2.05) is 36.0 Å². The second-order valence-corrected chi connectivity index (χ2v) is 3.29. The van der Waals surface area contributed by atoms with Crippen LogP contribution in [0.2, 0.25) is 0 Å². The average Bonchev–Trinajstić information content (AvgIpc) is 2.51. The van der Waals surface area contributed by atoms with Crippen LogP contribution in [0.3, 0.4) is 0 Å². The Morgan fingerprint density at radius 2 is 2.21 bits per heavy atom. The molecule has 0 bridgehead atoms. The molecule has 3 heteroatoms. The molecular weight excluding hydrogens is 176 g/mol. The number of aromatic nitrogens is 2. The standard InChI is InChI=1S/C11H12N2O/c1-13-11(7-4-8-14)9-5-2-3-6-10(9)12-13/h2-3,5-6,8H,4,7H2,1H3. The van der Waals surface area contributed by atoms with Gasteiger partial charge in [-0.3, -0.25) is 4.68 Å². The smallest absolute Gasteiger partial charge is 0.120 e. The van der Waals surface area contributed by atoms with E-state index in [1.165, 1.54) is 0 Å². The van der Waals surface area contributed by atoms with E-state index in [0.29, 0.717) is 6.42 Å². The van der Waals surface area contributed by atoms with Crippen LogP contribution in [0.1, 0.15) is 12.1 Å². The normalized spacial score (nSPS) is 10.6. The number of hydrogen-bond acceptors (Lipinski definition) is 2. The molecule has 0 unspecified atom stereocenters. The van der Waals surface area contributed by atoms with Gasteiger partial charge in [0.2, 0.25) is 0 Å². The van der Waals surface area contributed by atoms with E-state index < -0.39 is 0 Å². The van der Waals surface area contributed by atoms with Crippen LogP contribution in [0.15, 0.2) is 24.3 Å². The van der Waals surface area contributed by atoms with E-state index in [0.717, 1.165) is 29.3 Å². The molecule has 72 valence electrons. The summed E-state index contributed by atoms with van der Waals surface area (Å²) < 4.78 is 1.86. The zero-order valence-corrected chi connectivity index (χ0v) is 8.10. The fourth-order valence-corrected chi connectivity index (χ4v) is 1.69. The Hall–Kier alpha value is -1.64. The highest BCUT2D eigenvalue weighted by Gasteiger charge is 2.06. The van der Waals surface area contributed by atoms with Crippen molar-refractivity contribution in [1.82, 2.24) is 9.78 Å². The van der Waals surface area contributed by atoms with Gasteiger partial charge < -0.3 is 4.79 Å². The predicted octanol–water partition coefficient (Wildman–Crippen LogP) is 1.70. The predicted molar refractivity (Wildman–Crippen MR) is 55.1 cm³/mol. The van der Waals surface area contributed by atoms with Crippen molar-refractivity contribution in [2.24, 2.45) is 7.05 Å². The molecule has 14 heavy (non-hydrogen) atoms. The molecule has 1 aromatic heterocycles. The fourth-order valence-electron chi connectivity index (χ4n) is 1.69. The van der Waals surface area contributed by atoms with E-state index in [4.69, 9.17) is 0 Å². The number of fused-ring (bicyclic) bond motifs is 1. The summed E-state index contributed by atoms with van der Waals surface area (Å²) in [5.74, 6) is 0. The molecule has 0 aliphatic heterocycles. The summed E-state index contributed by atoms with van der Waals surface area (Å²) in [7, 11) is 1.92. The topological polar surface area (TPSA) is 34.9 Å². The van der Waals surface area contributed by atoms with Crippen molar-refractivity contribution < 1.29 is 4.79 Å². The number of carbonyl (C=O) groups excluding carboxylic acids is 1. The van der Waals surface area contributed by atoms with Gasteiger partial charge in [0.25, 0.3) is 0 Å². The second kappa shape index (κ2) is 3.62. The molecular formula is C11H12N2O. The molecule has 0 aliphatic carbocycles. The van der Waals surface area contributed by atoms with E-state index in [2.05, 4.69) is 5.10 Å². The number of benzene rings is 1. The minimum atomic E-state index is 0.559. The van der Waals surface area contributed by atoms with Gasteiger partial charge in [-0.2, -0.15) is 5.10 Å². The third-order valence-electron chi connectivity index (χ3n) is 2.36. The number of aryl methyl sites for hydroxylation is 2. The van der Waals surface area contributed by atoms with Gasteiger partial charge in [-0.15, -0.1) is 0 Å². The van der Waals surface area contributed by atoms with E-state index in [9.17, 15) is 4.79 Å². The van der Waals surface area contributed by atoms with Gasteiger partial charge >= 0.3 is 0 Å². The summed E-state index contributed by atoms with van der Waals surface area (Å²) in [6, 6.07) is 8.00. The maximum atomic E-state index is 10.3. The largest absolute Gasteiger partial charge is 0.303 e. The van der Waals surface area contributed by atoms with Crippen molar-refractivity contribution >= 4 is 17.2 Å². The number of rotatable bonds is 3. The first-order chi connectivity index (χ1) is 6.83. The third-order valence-corrected chi connectivity index (χ3v) is 2.36. The Morgan fingerprint density at radius 3 is 3.00 bits per heavy atom. The Kier molecular flexibility index (Phi) is 2.31. The van der Waals surface area contributed by atoms with Crippen molar-refractivity contribution in [2.75, 3.05) is 0 Å². The van der Waals surface area contributed by atoms with Crippen LogP contribution in [-0.4, -0.2) is 16.1 Å². The molecule has 0 saturated heterocycles. The van der Waals surface area contributed by atoms with Crippen molar-refractivity contribution in [3.05, 3.63) is 30.0 Å². The lowest BCUT2D eigenvalue weighted by molar-refractivity contribution is -0.107. The molecule has 0 atom stereocenters. The number of aldehydes is 1. The Balaban J connectivity index is 2.50. The molecule has 0 saturated carbocycles. The molecule has 1 heterocycles. The van der Waals surface area contributed by atoms with Gasteiger partial charge in [-0.1, -0.05) is 18.2 Å². The average molecular weight is 188 g/mol. The number of hydrogen-bond donors (Lipinski definition) is 0. The molecule has 2 rings (SSSR count). The number of nitrogens with zero attached hydrogens (tertiary/aromatic N) is 2. The van der Waals surface area contributed by atoms with E-state index >= 15 is 0 Å². The van der Waals surface area contributed by atoms with Crippen LogP contribution in [0.5, 0.6) is 0 Å². The molecule has 3 nitrogen and oxygen atoms in total. The molecule has 0 spiro atoms. The van der Waals surface area contributed by atoms with Gasteiger partial charge in [0.15, 0.2) is 0 Å². The summed E-state index contributed by atoms with van der Waals surface area (Å²) in [4.78, 5) is 10.3. The SMILES string of the molecule is Cn1nc2ccccc2c1CCC=O. The first kappa shape index (κ1) is 8.94. The molecule has 1 aromatic carbocycles. The maximum Gasteiger partial charge on any atom is 0.120 e. The first-order valence-corrected chi connectivity index (χ1v) is 4.67. The highest BCUT2D eigenvalue weighted by atomic mass is 16.1. The Labute approximate surface area is 82.3 Å². The van der Waals surface area contributed by atoms with Gasteiger partial charge in [-0.25, -0.2) is 0 Å². The third kappa shape index (κ3) is 1.41. The van der Waals surface area contributed by atoms with Crippen LogP contribution < -0.4 is 0 Å². The van der Waals surface area contributed by atoms with Crippen LogP contribution in [0.25, 0.3) is 10.9 Å². The van der Waals surface area contributed by atoms with Crippen LogP contribution in [-0.2, 0) is 18.3 Å². The lowest BCUT2D eigenvalue weighted by Gasteiger charge is -1.98. The lowest BCUT2D eigenvalue weighted by atomic mass is 10.1. The summed E-state index contributed by atoms with van der Waals surface area (Å²) in [6.07, 6.45) is 2.27. The minimum Gasteiger partial charge on any atom is -0.303 e. The monoisotopic (exact) mass is 188 g/mol. The number of carbonyl (C=O) groups is 1. The minimum absolute atomic E-state index is 0.559. The second-order valence-electron chi connectivity index (χ2n) is 3.29. The zero-order valence-electron chi connectivity index (χ0n) is 8.10. The molecule has 0 fully saturated rings. The van der Waals surface area contributed by atoms with Crippen LogP contribution in [0.4, 0.5) is 0 Å². The van der Waals surface area contributed by atoms with Crippen molar-refractivity contribution in [3.8, 4) is 0 Å². The maximum absolute atomic E-state index is 10.3. The van der Waals surface area contributed by atoms with Gasteiger partial charge in [0.1, 0.15) is 6.29 Å². The Bertz CT molecular complexity index is 459. The zero-order chi connectivity index (χ0) is 9.97. The van der Waals surface area contributed by atoms with Gasteiger partial charge in [0.05, 0.1) is 5.52 Å². The Morgan fingerprint density at radius 1 is 1.43 bits per heavy atom.